The van der Waals surface area contributed by atoms with Crippen molar-refractivity contribution in [2.45, 2.75) is 25.6 Å². The van der Waals surface area contributed by atoms with Crippen molar-refractivity contribution in [2.24, 2.45) is 0 Å². The first-order valence-electron chi connectivity index (χ1n) is 5.86. The number of urea groups is 1. The maximum absolute atomic E-state index is 11.9. The lowest BCUT2D eigenvalue weighted by atomic mass is 10.4. The Hall–Kier alpha value is -0.430. The molecule has 0 bridgehead atoms. The van der Waals surface area contributed by atoms with Crippen LogP contribution in [0.1, 0.15) is 20.3 Å². The van der Waals surface area contributed by atoms with E-state index in [1.807, 2.05) is 6.92 Å². The Morgan fingerprint density at radius 1 is 1.47 bits per heavy atom. The molecule has 1 N–H and O–H groups in total. The van der Waals surface area contributed by atoms with Gasteiger partial charge in [-0.1, -0.05) is 13.8 Å². The summed E-state index contributed by atoms with van der Waals surface area (Å²) in [4.78, 5) is 13.3. The fourth-order valence-corrected chi connectivity index (χ4v) is 4.60. The minimum atomic E-state index is -3.20. The summed E-state index contributed by atoms with van der Waals surface area (Å²) in [5.41, 5.74) is 0. The Kier molecular flexibility index (Phi) is 5.58. The lowest BCUT2D eigenvalue weighted by Crippen LogP contribution is -2.54. The third kappa shape index (κ3) is 3.77. The van der Waals surface area contributed by atoms with Gasteiger partial charge in [0.2, 0.25) is 0 Å². The normalized spacial score (nSPS) is 21.3. The first-order chi connectivity index (χ1) is 8.03. The Balaban J connectivity index is 2.76. The van der Waals surface area contributed by atoms with E-state index in [1.165, 1.54) is 4.90 Å². The number of rotatable bonds is 4. The molecule has 0 aromatic carbocycles. The van der Waals surface area contributed by atoms with Crippen LogP contribution in [0.3, 0.4) is 0 Å². The molecule has 0 radical (unpaired) electrons. The molecule has 0 spiro atoms. The average molecular weight is 280 g/mol. The summed E-state index contributed by atoms with van der Waals surface area (Å²) in [6.45, 7) is 4.68. The number of hydrogen-bond donors (Lipinski definition) is 1. The number of carbonyl (C=O) groups excluding carboxylic acids is 1. The van der Waals surface area contributed by atoms with Crippen molar-refractivity contribution in [1.82, 2.24) is 10.2 Å². The van der Waals surface area contributed by atoms with Crippen LogP contribution in [0.5, 0.6) is 0 Å². The van der Waals surface area contributed by atoms with E-state index in [0.29, 0.717) is 18.8 Å². The van der Waals surface area contributed by atoms with Crippen LogP contribution in [0.25, 0.3) is 0 Å². The molecule has 1 unspecified atom stereocenters. The molecule has 0 aromatic heterocycles. The fraction of sp³-hybridized carbons (Fsp3) is 0.900. The van der Waals surface area contributed by atoms with Crippen molar-refractivity contribution in [1.29, 1.82) is 0 Å². The van der Waals surface area contributed by atoms with Gasteiger partial charge in [-0.05, 0) is 6.42 Å². The molecule has 1 fully saturated rings. The van der Waals surface area contributed by atoms with E-state index in [-0.39, 0.29) is 11.8 Å². The highest BCUT2D eigenvalue weighted by molar-refractivity contribution is 8.01. The van der Waals surface area contributed by atoms with Crippen molar-refractivity contribution in [3.05, 3.63) is 0 Å². The van der Waals surface area contributed by atoms with Gasteiger partial charge in [0.25, 0.3) is 0 Å². The van der Waals surface area contributed by atoms with Crippen molar-refractivity contribution in [3.63, 3.8) is 0 Å². The standard InChI is InChI=1S/C10H20N2O3S2/c1-3-5-11-10(13)12-6-7-16-8-9(12)17(14,15)4-2/h9H,3-8H2,1-2H3,(H,11,13). The minimum absolute atomic E-state index is 0.0792. The number of sulfone groups is 1. The molecule has 7 heteroatoms. The minimum Gasteiger partial charge on any atom is -0.338 e. The summed E-state index contributed by atoms with van der Waals surface area (Å²) in [5.74, 6) is 1.36. The second-order valence-electron chi connectivity index (χ2n) is 3.91. The van der Waals surface area contributed by atoms with Crippen LogP contribution in [0.2, 0.25) is 0 Å². The topological polar surface area (TPSA) is 66.5 Å². The highest BCUT2D eigenvalue weighted by atomic mass is 32.2. The van der Waals surface area contributed by atoms with E-state index in [2.05, 4.69) is 5.32 Å². The average Bonchev–Trinajstić information content (AvgIpc) is 2.36. The van der Waals surface area contributed by atoms with E-state index in [4.69, 9.17) is 0 Å². The van der Waals surface area contributed by atoms with Crippen LogP contribution in [0.15, 0.2) is 0 Å². The Morgan fingerprint density at radius 3 is 2.76 bits per heavy atom. The first-order valence-corrected chi connectivity index (χ1v) is 8.73. The van der Waals surface area contributed by atoms with Crippen molar-refractivity contribution in [3.8, 4) is 0 Å². The lowest BCUT2D eigenvalue weighted by Gasteiger charge is -2.34. The van der Waals surface area contributed by atoms with E-state index >= 15 is 0 Å². The van der Waals surface area contributed by atoms with Gasteiger partial charge in [0.05, 0.1) is 0 Å². The molecule has 0 aromatic rings. The molecule has 1 aliphatic heterocycles. The van der Waals surface area contributed by atoms with Gasteiger partial charge in [-0.15, -0.1) is 0 Å². The summed E-state index contributed by atoms with van der Waals surface area (Å²) in [7, 11) is -3.20. The van der Waals surface area contributed by atoms with E-state index < -0.39 is 15.2 Å². The largest absolute Gasteiger partial charge is 0.338 e. The van der Waals surface area contributed by atoms with Gasteiger partial charge in [-0.25, -0.2) is 13.2 Å². The highest BCUT2D eigenvalue weighted by Gasteiger charge is 2.35. The number of nitrogens with zero attached hydrogens (tertiary/aromatic N) is 1. The maximum Gasteiger partial charge on any atom is 0.318 e. The number of amides is 2. The predicted molar refractivity (Wildman–Crippen MR) is 71.0 cm³/mol. The van der Waals surface area contributed by atoms with E-state index in [9.17, 15) is 13.2 Å². The molecule has 1 aliphatic rings. The molecule has 0 saturated carbocycles. The molecule has 5 nitrogen and oxygen atoms in total. The van der Waals surface area contributed by atoms with Gasteiger partial charge in [0, 0.05) is 30.3 Å². The summed E-state index contributed by atoms with van der Waals surface area (Å²) in [6, 6.07) is -0.255. The van der Waals surface area contributed by atoms with Crippen LogP contribution in [0, 0.1) is 0 Å². The fourth-order valence-electron chi connectivity index (χ4n) is 1.64. The lowest BCUT2D eigenvalue weighted by molar-refractivity contribution is 0.196. The van der Waals surface area contributed by atoms with E-state index in [0.717, 1.165) is 12.2 Å². The van der Waals surface area contributed by atoms with Crippen molar-refractivity contribution in [2.75, 3.05) is 30.3 Å². The van der Waals surface area contributed by atoms with Crippen LogP contribution in [-0.4, -0.2) is 55.1 Å². The van der Waals surface area contributed by atoms with Crippen LogP contribution in [-0.2, 0) is 9.84 Å². The van der Waals surface area contributed by atoms with Gasteiger partial charge >= 0.3 is 6.03 Å². The monoisotopic (exact) mass is 280 g/mol. The number of hydrogen-bond acceptors (Lipinski definition) is 4. The highest BCUT2D eigenvalue weighted by Crippen LogP contribution is 2.21. The van der Waals surface area contributed by atoms with E-state index in [1.54, 1.807) is 18.7 Å². The molecule has 1 atom stereocenters. The zero-order valence-electron chi connectivity index (χ0n) is 10.3. The van der Waals surface area contributed by atoms with Crippen molar-refractivity contribution < 1.29 is 13.2 Å². The Bertz CT molecular complexity index is 357. The maximum atomic E-state index is 11.9. The van der Waals surface area contributed by atoms with Crippen LogP contribution >= 0.6 is 11.8 Å². The predicted octanol–water partition coefficient (Wildman–Crippen LogP) is 0.916. The van der Waals surface area contributed by atoms with Gasteiger partial charge in [-0.2, -0.15) is 11.8 Å². The zero-order chi connectivity index (χ0) is 12.9. The van der Waals surface area contributed by atoms with Gasteiger partial charge < -0.3 is 10.2 Å². The summed E-state index contributed by atoms with van der Waals surface area (Å²) in [5, 5.41) is 2.08. The second-order valence-corrected chi connectivity index (χ2v) is 7.50. The molecule has 2 amide bonds. The number of carbonyl (C=O) groups is 1. The summed E-state index contributed by atoms with van der Waals surface area (Å²) in [6.07, 6.45) is 0.847. The van der Waals surface area contributed by atoms with Crippen molar-refractivity contribution >= 4 is 27.6 Å². The van der Waals surface area contributed by atoms with Gasteiger partial charge in [-0.3, -0.25) is 0 Å². The SMILES string of the molecule is CCCNC(=O)N1CCSCC1S(=O)(=O)CC. The van der Waals surface area contributed by atoms with Crippen LogP contribution < -0.4 is 5.32 Å². The quantitative estimate of drug-likeness (QED) is 0.831. The first kappa shape index (κ1) is 14.6. The van der Waals surface area contributed by atoms with Gasteiger partial charge in [0.15, 0.2) is 9.84 Å². The van der Waals surface area contributed by atoms with Crippen LogP contribution in [0.4, 0.5) is 4.79 Å². The molecule has 1 heterocycles. The Morgan fingerprint density at radius 2 is 2.18 bits per heavy atom. The molecule has 1 saturated heterocycles. The molecular weight excluding hydrogens is 260 g/mol. The number of thioether (sulfide) groups is 1. The Labute approximate surface area is 107 Å². The number of nitrogens with one attached hydrogen (secondary N) is 1. The summed E-state index contributed by atoms with van der Waals surface area (Å²) < 4.78 is 23.8. The second kappa shape index (κ2) is 6.49. The van der Waals surface area contributed by atoms with Gasteiger partial charge in [0.1, 0.15) is 5.37 Å². The molecule has 0 aliphatic carbocycles. The third-order valence-corrected chi connectivity index (χ3v) is 5.98. The summed E-state index contributed by atoms with van der Waals surface area (Å²) >= 11 is 1.59. The third-order valence-electron chi connectivity index (χ3n) is 2.69. The molecule has 100 valence electrons. The molecular formula is C10H20N2O3S2. The smallest absolute Gasteiger partial charge is 0.318 e. The zero-order valence-corrected chi connectivity index (χ0v) is 11.9. The molecule has 17 heavy (non-hydrogen) atoms. The molecule has 1 rings (SSSR count).